The monoisotopic (exact) mass is 401 g/mol. The minimum absolute atomic E-state index is 0.0247. The van der Waals surface area contributed by atoms with Crippen LogP contribution >= 0.6 is 11.6 Å². The van der Waals surface area contributed by atoms with E-state index in [1.54, 1.807) is 12.1 Å². The van der Waals surface area contributed by atoms with Crippen molar-refractivity contribution in [2.24, 2.45) is 5.10 Å². The first-order valence-corrected chi connectivity index (χ1v) is 8.49. The van der Waals surface area contributed by atoms with Gasteiger partial charge in [0.2, 0.25) is 0 Å². The highest BCUT2D eigenvalue weighted by atomic mass is 35.5. The van der Waals surface area contributed by atoms with Gasteiger partial charge in [0.1, 0.15) is 5.82 Å². The van der Waals surface area contributed by atoms with Crippen molar-refractivity contribution >= 4 is 23.6 Å². The van der Waals surface area contributed by atoms with E-state index in [0.717, 1.165) is 18.7 Å². The minimum atomic E-state index is -4.43. The summed E-state index contributed by atoms with van der Waals surface area (Å²) in [4.78, 5) is 3.67. The summed E-state index contributed by atoms with van der Waals surface area (Å²) >= 11 is 6.26. The van der Waals surface area contributed by atoms with E-state index in [4.69, 9.17) is 21.1 Å². The van der Waals surface area contributed by atoms with Crippen LogP contribution in [0.3, 0.4) is 0 Å². The molecular weight excluding hydrogens is 383 g/mol. The second kappa shape index (κ2) is 8.94. The Kier molecular flexibility index (Phi) is 6.90. The van der Waals surface area contributed by atoms with Crippen LogP contribution in [0.4, 0.5) is 19.0 Å². The number of pyridine rings is 1. The number of nitrogens with one attached hydrogen (secondary N) is 1. The number of methoxy groups -OCH3 is 1. The van der Waals surface area contributed by atoms with Gasteiger partial charge in [0, 0.05) is 6.20 Å². The van der Waals surface area contributed by atoms with Gasteiger partial charge in [-0.25, -0.2) is 4.98 Å². The fourth-order valence-corrected chi connectivity index (χ4v) is 2.28. The lowest BCUT2D eigenvalue weighted by molar-refractivity contribution is -0.137. The molecule has 0 saturated carbocycles. The first-order chi connectivity index (χ1) is 12.7. The molecule has 5 nitrogen and oxygen atoms in total. The van der Waals surface area contributed by atoms with Crippen LogP contribution in [0, 0.1) is 0 Å². The fourth-order valence-electron chi connectivity index (χ4n) is 2.01. The first kappa shape index (κ1) is 20.8. The molecule has 146 valence electrons. The number of hydrazone groups is 1. The van der Waals surface area contributed by atoms with Gasteiger partial charge in [-0.05, 0) is 43.2 Å². The Bertz CT molecular complexity index is 796. The summed E-state index contributed by atoms with van der Waals surface area (Å²) in [7, 11) is 1.50. The van der Waals surface area contributed by atoms with Crippen molar-refractivity contribution in [3.8, 4) is 11.5 Å². The second-order valence-corrected chi connectivity index (χ2v) is 6.08. The Morgan fingerprint density at radius 2 is 2.07 bits per heavy atom. The molecule has 0 fully saturated rings. The van der Waals surface area contributed by atoms with Crippen LogP contribution in [0.5, 0.6) is 11.5 Å². The normalized spacial score (nSPS) is 12.9. The van der Waals surface area contributed by atoms with Crippen molar-refractivity contribution in [2.45, 2.75) is 32.5 Å². The van der Waals surface area contributed by atoms with E-state index >= 15 is 0 Å². The molecule has 0 saturated heterocycles. The number of hydrogen-bond acceptors (Lipinski definition) is 5. The van der Waals surface area contributed by atoms with Crippen LogP contribution in [0.1, 0.15) is 31.4 Å². The summed E-state index contributed by atoms with van der Waals surface area (Å²) in [5.74, 6) is 1.08. The molecule has 0 amide bonds. The predicted octanol–water partition coefficient (Wildman–Crippen LogP) is 5.39. The van der Waals surface area contributed by atoms with Crippen LogP contribution in [-0.4, -0.2) is 24.4 Å². The number of anilines is 1. The van der Waals surface area contributed by atoms with Crippen LogP contribution in [-0.2, 0) is 6.18 Å². The van der Waals surface area contributed by atoms with Crippen molar-refractivity contribution in [3.63, 3.8) is 0 Å². The zero-order valence-electron chi connectivity index (χ0n) is 15.0. The molecule has 2 rings (SSSR count). The van der Waals surface area contributed by atoms with Crippen molar-refractivity contribution in [3.05, 3.63) is 46.6 Å². The van der Waals surface area contributed by atoms with Gasteiger partial charge < -0.3 is 9.47 Å². The van der Waals surface area contributed by atoms with Gasteiger partial charge in [0.05, 0.1) is 30.0 Å². The van der Waals surface area contributed by atoms with Crippen LogP contribution < -0.4 is 14.9 Å². The number of benzene rings is 1. The zero-order chi connectivity index (χ0) is 20.0. The number of ether oxygens (including phenoxy) is 2. The Hall–Kier alpha value is -2.48. The molecule has 1 N–H and O–H groups in total. The summed E-state index contributed by atoms with van der Waals surface area (Å²) < 4.78 is 48.6. The molecule has 2 aromatic rings. The summed E-state index contributed by atoms with van der Waals surface area (Å²) in [6.45, 7) is 3.92. The lowest BCUT2D eigenvalue weighted by Crippen LogP contribution is -2.11. The highest BCUT2D eigenvalue weighted by Gasteiger charge is 2.30. The number of nitrogens with zero attached hydrogens (tertiary/aromatic N) is 2. The van der Waals surface area contributed by atoms with Crippen molar-refractivity contribution in [1.29, 1.82) is 0 Å². The Labute approximate surface area is 160 Å². The molecule has 0 radical (unpaired) electrons. The molecule has 1 aromatic heterocycles. The Morgan fingerprint density at radius 3 is 2.63 bits per heavy atom. The smallest absolute Gasteiger partial charge is 0.417 e. The molecule has 27 heavy (non-hydrogen) atoms. The zero-order valence-corrected chi connectivity index (χ0v) is 15.7. The largest absolute Gasteiger partial charge is 0.493 e. The number of halogens is 4. The summed E-state index contributed by atoms with van der Waals surface area (Å²) in [5, 5.41) is 4.32. The summed E-state index contributed by atoms with van der Waals surface area (Å²) in [5.41, 5.74) is 2.35. The predicted molar refractivity (Wildman–Crippen MR) is 98.8 cm³/mol. The van der Waals surface area contributed by atoms with Gasteiger partial charge in [0.25, 0.3) is 0 Å². The molecule has 0 spiro atoms. The average molecular weight is 402 g/mol. The van der Waals surface area contributed by atoms with Gasteiger partial charge in [-0.3, -0.25) is 5.43 Å². The van der Waals surface area contributed by atoms with Gasteiger partial charge in [-0.15, -0.1) is 0 Å². The molecule has 0 aliphatic rings. The number of hydrogen-bond donors (Lipinski definition) is 1. The topological polar surface area (TPSA) is 55.7 Å². The summed E-state index contributed by atoms with van der Waals surface area (Å²) in [6.07, 6.45) is -1.46. The Morgan fingerprint density at radius 1 is 1.33 bits per heavy atom. The van der Waals surface area contributed by atoms with Crippen LogP contribution in [0.25, 0.3) is 0 Å². The third-order valence-corrected chi connectivity index (χ3v) is 3.91. The molecule has 0 bridgehead atoms. The number of rotatable bonds is 7. The van der Waals surface area contributed by atoms with E-state index in [1.807, 2.05) is 13.8 Å². The maximum atomic E-state index is 12.5. The van der Waals surface area contributed by atoms with Crippen molar-refractivity contribution in [2.75, 3.05) is 12.5 Å². The molecule has 1 aromatic carbocycles. The van der Waals surface area contributed by atoms with E-state index in [0.29, 0.717) is 22.1 Å². The highest BCUT2D eigenvalue weighted by molar-refractivity contribution is 6.32. The Balaban J connectivity index is 2.11. The highest BCUT2D eigenvalue weighted by Crippen LogP contribution is 2.37. The van der Waals surface area contributed by atoms with Gasteiger partial charge in [-0.1, -0.05) is 18.5 Å². The molecule has 9 heteroatoms. The van der Waals surface area contributed by atoms with Gasteiger partial charge >= 0.3 is 6.18 Å². The van der Waals surface area contributed by atoms with E-state index in [2.05, 4.69) is 15.5 Å². The summed E-state index contributed by atoms with van der Waals surface area (Å²) in [6, 6.07) is 5.45. The SMILES string of the molecule is CC[C@H](C)Oc1c(Cl)cc(/C=N\Nc2ccc(C(F)(F)F)cn2)cc1OC. The van der Waals surface area contributed by atoms with Crippen LogP contribution in [0.2, 0.25) is 5.02 Å². The van der Waals surface area contributed by atoms with Gasteiger partial charge in [0.15, 0.2) is 11.5 Å². The molecule has 0 aliphatic carbocycles. The third-order valence-electron chi connectivity index (χ3n) is 3.63. The fraction of sp³-hybridized carbons (Fsp3) is 0.333. The maximum Gasteiger partial charge on any atom is 0.417 e. The van der Waals surface area contributed by atoms with Crippen LogP contribution in [0.15, 0.2) is 35.6 Å². The minimum Gasteiger partial charge on any atom is -0.493 e. The molecular formula is C18H19ClF3N3O2. The van der Waals surface area contributed by atoms with Gasteiger partial charge in [-0.2, -0.15) is 18.3 Å². The number of aromatic nitrogens is 1. The lowest BCUT2D eigenvalue weighted by Gasteiger charge is -2.17. The maximum absolute atomic E-state index is 12.5. The standard InChI is InChI=1S/C18H19ClF3N3O2/c1-4-11(2)27-17-14(19)7-12(8-15(17)26-3)9-24-25-16-6-5-13(10-23-16)18(20,21)22/h5-11H,4H2,1-3H3,(H,23,25)/b24-9-/t11-/m0/s1. The first-order valence-electron chi connectivity index (χ1n) is 8.11. The van der Waals surface area contributed by atoms with Crippen molar-refractivity contribution < 1.29 is 22.6 Å². The molecule has 1 atom stereocenters. The van der Waals surface area contributed by atoms with E-state index in [-0.39, 0.29) is 11.9 Å². The number of alkyl halides is 3. The third kappa shape index (κ3) is 5.75. The average Bonchev–Trinajstić information content (AvgIpc) is 2.63. The quantitative estimate of drug-likeness (QED) is 0.499. The van der Waals surface area contributed by atoms with E-state index in [9.17, 15) is 13.2 Å². The van der Waals surface area contributed by atoms with E-state index < -0.39 is 11.7 Å². The van der Waals surface area contributed by atoms with Crippen molar-refractivity contribution in [1.82, 2.24) is 4.98 Å². The van der Waals surface area contributed by atoms with E-state index in [1.165, 1.54) is 19.4 Å². The molecule has 0 aliphatic heterocycles. The molecule has 1 heterocycles. The molecule has 0 unspecified atom stereocenters. The second-order valence-electron chi connectivity index (χ2n) is 5.67. The lowest BCUT2D eigenvalue weighted by atomic mass is 10.2.